The molecule has 1 aromatic carbocycles. The second-order valence-corrected chi connectivity index (χ2v) is 6.31. The average molecular weight is 347 g/mol. The highest BCUT2D eigenvalue weighted by atomic mass is 35.5. The number of benzene rings is 1. The van der Waals surface area contributed by atoms with Gasteiger partial charge in [0.1, 0.15) is 5.75 Å². The van der Waals surface area contributed by atoms with E-state index in [1.807, 2.05) is 0 Å². The molecule has 0 spiro atoms. The van der Waals surface area contributed by atoms with Gasteiger partial charge in [0.05, 0.1) is 11.6 Å². The molecule has 0 bridgehead atoms. The Labute approximate surface area is 139 Å². The van der Waals surface area contributed by atoms with E-state index in [4.69, 9.17) is 11.6 Å². The summed E-state index contributed by atoms with van der Waals surface area (Å²) in [5, 5.41) is 5.99. The van der Waals surface area contributed by atoms with Gasteiger partial charge in [0.25, 0.3) is 0 Å². The van der Waals surface area contributed by atoms with E-state index >= 15 is 0 Å². The van der Waals surface area contributed by atoms with Crippen molar-refractivity contribution in [3.8, 4) is 5.75 Å². The van der Waals surface area contributed by atoms with Crippen LogP contribution in [0.15, 0.2) is 18.2 Å². The number of alkyl halides is 2. The normalized spacial score (nSPS) is 21.1. The number of amides is 1. The molecule has 1 saturated carbocycles. The summed E-state index contributed by atoms with van der Waals surface area (Å²) in [6.07, 6.45) is 4.30. The predicted octanol–water partition coefficient (Wildman–Crippen LogP) is 4.05. The van der Waals surface area contributed by atoms with E-state index in [1.165, 1.54) is 12.1 Å². The predicted molar refractivity (Wildman–Crippen MR) is 86.1 cm³/mol. The van der Waals surface area contributed by atoms with Crippen molar-refractivity contribution >= 4 is 23.2 Å². The maximum Gasteiger partial charge on any atom is 0.387 e. The highest BCUT2D eigenvalue weighted by Crippen LogP contribution is 2.29. The summed E-state index contributed by atoms with van der Waals surface area (Å²) in [7, 11) is 0. The second-order valence-electron chi connectivity index (χ2n) is 5.90. The molecule has 0 aromatic heterocycles. The molecule has 23 heavy (non-hydrogen) atoms. The van der Waals surface area contributed by atoms with E-state index in [0.717, 1.165) is 31.6 Å². The lowest BCUT2D eigenvalue weighted by molar-refractivity contribution is -0.120. The number of anilines is 1. The molecule has 128 valence electrons. The van der Waals surface area contributed by atoms with E-state index in [1.54, 1.807) is 6.07 Å². The molecular weight excluding hydrogens is 326 g/mol. The number of hydrogen-bond donors (Lipinski definition) is 2. The zero-order valence-corrected chi connectivity index (χ0v) is 13.7. The van der Waals surface area contributed by atoms with Gasteiger partial charge in [0.15, 0.2) is 0 Å². The number of hydrogen-bond acceptors (Lipinski definition) is 3. The van der Waals surface area contributed by atoms with Crippen molar-refractivity contribution in [1.82, 2.24) is 5.32 Å². The van der Waals surface area contributed by atoms with Crippen molar-refractivity contribution in [2.45, 2.75) is 45.3 Å². The third kappa shape index (κ3) is 5.86. The van der Waals surface area contributed by atoms with Crippen LogP contribution in [0.1, 0.15) is 32.6 Å². The molecule has 2 N–H and O–H groups in total. The number of nitrogens with one attached hydrogen (secondary N) is 2. The monoisotopic (exact) mass is 346 g/mol. The summed E-state index contributed by atoms with van der Waals surface area (Å²) in [5.74, 6) is 0.555. The molecule has 0 atom stereocenters. The van der Waals surface area contributed by atoms with Crippen molar-refractivity contribution in [3.05, 3.63) is 23.2 Å². The first kappa shape index (κ1) is 17.8. The van der Waals surface area contributed by atoms with Crippen LogP contribution in [0.5, 0.6) is 5.75 Å². The van der Waals surface area contributed by atoms with E-state index < -0.39 is 6.61 Å². The topological polar surface area (TPSA) is 50.4 Å². The van der Waals surface area contributed by atoms with Gasteiger partial charge in [-0.05, 0) is 49.8 Å². The molecule has 0 radical (unpaired) electrons. The zero-order chi connectivity index (χ0) is 16.8. The van der Waals surface area contributed by atoms with Crippen LogP contribution < -0.4 is 15.4 Å². The lowest BCUT2D eigenvalue weighted by atomic mass is 9.87. The molecule has 4 nitrogen and oxygen atoms in total. The largest absolute Gasteiger partial charge is 0.433 e. The Bertz CT molecular complexity index is 535. The fraction of sp³-hybridized carbons (Fsp3) is 0.562. The minimum atomic E-state index is -2.92. The number of carbonyl (C=O) groups excluding carboxylic acids is 1. The molecule has 1 aromatic rings. The van der Waals surface area contributed by atoms with Gasteiger partial charge in [-0.15, -0.1) is 0 Å². The molecule has 1 aliphatic rings. The Morgan fingerprint density at radius 3 is 2.65 bits per heavy atom. The fourth-order valence-corrected chi connectivity index (χ4v) is 2.89. The molecule has 1 amide bonds. The Hall–Kier alpha value is -1.56. The van der Waals surface area contributed by atoms with Gasteiger partial charge in [-0.25, -0.2) is 0 Å². The van der Waals surface area contributed by atoms with Crippen molar-refractivity contribution in [1.29, 1.82) is 0 Å². The van der Waals surface area contributed by atoms with Crippen molar-refractivity contribution in [2.24, 2.45) is 5.92 Å². The SMILES string of the molecule is CC1CCC(NC(=O)CNc2ccc(OC(F)F)c(Cl)c2)CC1. The van der Waals surface area contributed by atoms with Crippen molar-refractivity contribution < 1.29 is 18.3 Å². The molecule has 1 aliphatic carbocycles. The lowest BCUT2D eigenvalue weighted by Gasteiger charge is -2.27. The molecule has 0 aliphatic heterocycles. The first-order chi connectivity index (χ1) is 10.9. The van der Waals surface area contributed by atoms with Crippen LogP contribution in [-0.4, -0.2) is 25.1 Å². The van der Waals surface area contributed by atoms with Crippen LogP contribution in [0.2, 0.25) is 5.02 Å². The van der Waals surface area contributed by atoms with Crippen LogP contribution in [0.4, 0.5) is 14.5 Å². The maximum absolute atomic E-state index is 12.2. The van der Waals surface area contributed by atoms with Crippen LogP contribution >= 0.6 is 11.6 Å². The van der Waals surface area contributed by atoms with Crippen LogP contribution in [-0.2, 0) is 4.79 Å². The number of rotatable bonds is 6. The quantitative estimate of drug-likeness (QED) is 0.817. The molecule has 0 saturated heterocycles. The molecule has 0 unspecified atom stereocenters. The summed E-state index contributed by atoms with van der Waals surface area (Å²) in [5.41, 5.74) is 0.573. The summed E-state index contributed by atoms with van der Waals surface area (Å²) >= 11 is 5.86. The molecule has 0 heterocycles. The van der Waals surface area contributed by atoms with Gasteiger partial charge in [-0.1, -0.05) is 18.5 Å². The Morgan fingerprint density at radius 1 is 1.35 bits per heavy atom. The second kappa shape index (κ2) is 8.34. The minimum Gasteiger partial charge on any atom is -0.433 e. The standard InChI is InChI=1S/C16H21ClF2N2O2/c1-10-2-4-11(5-3-10)21-15(22)9-20-12-6-7-14(13(17)8-12)23-16(18)19/h6-8,10-11,16,20H,2-5,9H2,1H3,(H,21,22). The molecule has 2 rings (SSSR count). The third-order valence-electron chi connectivity index (χ3n) is 3.98. The molecular formula is C16H21ClF2N2O2. The van der Waals surface area contributed by atoms with Gasteiger partial charge in [-0.3, -0.25) is 4.79 Å². The number of halogens is 3. The highest BCUT2D eigenvalue weighted by Gasteiger charge is 2.19. The number of ether oxygens (including phenoxy) is 1. The minimum absolute atomic E-state index is 0.0666. The Morgan fingerprint density at radius 2 is 2.04 bits per heavy atom. The smallest absolute Gasteiger partial charge is 0.387 e. The first-order valence-corrected chi connectivity index (χ1v) is 8.09. The van der Waals surface area contributed by atoms with Crippen molar-refractivity contribution in [2.75, 3.05) is 11.9 Å². The van der Waals surface area contributed by atoms with Crippen LogP contribution in [0, 0.1) is 5.92 Å². The van der Waals surface area contributed by atoms with E-state index in [-0.39, 0.29) is 29.3 Å². The van der Waals surface area contributed by atoms with Gasteiger partial charge >= 0.3 is 6.61 Å². The Kier molecular flexibility index (Phi) is 6.45. The highest BCUT2D eigenvalue weighted by molar-refractivity contribution is 6.32. The van der Waals surface area contributed by atoms with Crippen LogP contribution in [0.3, 0.4) is 0 Å². The number of carbonyl (C=O) groups is 1. The van der Waals surface area contributed by atoms with Crippen LogP contribution in [0.25, 0.3) is 0 Å². The molecule has 7 heteroatoms. The van der Waals surface area contributed by atoms with E-state index in [0.29, 0.717) is 5.69 Å². The molecule has 1 fully saturated rings. The van der Waals surface area contributed by atoms with Gasteiger partial charge in [0, 0.05) is 11.7 Å². The summed E-state index contributed by atoms with van der Waals surface area (Å²) < 4.78 is 28.6. The van der Waals surface area contributed by atoms with Gasteiger partial charge in [0.2, 0.25) is 5.91 Å². The summed E-state index contributed by atoms with van der Waals surface area (Å²) in [6, 6.07) is 4.58. The van der Waals surface area contributed by atoms with Gasteiger partial charge in [-0.2, -0.15) is 8.78 Å². The van der Waals surface area contributed by atoms with E-state index in [9.17, 15) is 13.6 Å². The third-order valence-corrected chi connectivity index (χ3v) is 4.28. The summed E-state index contributed by atoms with van der Waals surface area (Å²) in [4.78, 5) is 11.9. The average Bonchev–Trinajstić information content (AvgIpc) is 2.50. The maximum atomic E-state index is 12.2. The van der Waals surface area contributed by atoms with Crippen molar-refractivity contribution in [3.63, 3.8) is 0 Å². The van der Waals surface area contributed by atoms with Gasteiger partial charge < -0.3 is 15.4 Å². The summed E-state index contributed by atoms with van der Waals surface area (Å²) in [6.45, 7) is -0.586. The Balaban J connectivity index is 1.79. The van der Waals surface area contributed by atoms with E-state index in [2.05, 4.69) is 22.3 Å². The first-order valence-electron chi connectivity index (χ1n) is 7.71. The lowest BCUT2D eigenvalue weighted by Crippen LogP contribution is -2.40. The zero-order valence-electron chi connectivity index (χ0n) is 13.0. The fourth-order valence-electron chi connectivity index (χ4n) is 2.67.